The molecule has 0 spiro atoms. The van der Waals surface area contributed by atoms with Gasteiger partial charge >= 0.3 is 6.18 Å². The van der Waals surface area contributed by atoms with Crippen LogP contribution in [0.1, 0.15) is 5.69 Å². The lowest BCUT2D eigenvalue weighted by molar-refractivity contribution is -0.141. The molecule has 20 heavy (non-hydrogen) atoms. The Morgan fingerprint density at radius 3 is 2.50 bits per heavy atom. The van der Waals surface area contributed by atoms with Crippen LogP contribution in [0.4, 0.5) is 35.0 Å². The van der Waals surface area contributed by atoms with Crippen molar-refractivity contribution in [1.29, 1.82) is 0 Å². The number of aromatic nitrogens is 2. The van der Waals surface area contributed by atoms with Crippen molar-refractivity contribution in [1.82, 2.24) is 9.97 Å². The highest BCUT2D eigenvalue weighted by Crippen LogP contribution is 2.30. The molecule has 0 atom stereocenters. The summed E-state index contributed by atoms with van der Waals surface area (Å²) in [5.41, 5.74) is 3.85. The second-order valence-corrected chi connectivity index (χ2v) is 4.18. The van der Waals surface area contributed by atoms with Gasteiger partial charge in [0.2, 0.25) is 5.95 Å². The second kappa shape index (κ2) is 5.12. The molecule has 0 aliphatic heterocycles. The van der Waals surface area contributed by atoms with Gasteiger partial charge < -0.3 is 11.1 Å². The number of nitrogen functional groups attached to an aromatic ring is 1. The second-order valence-electron chi connectivity index (χ2n) is 3.74. The van der Waals surface area contributed by atoms with Crippen LogP contribution in [-0.4, -0.2) is 9.97 Å². The number of benzene rings is 1. The van der Waals surface area contributed by atoms with Crippen LogP contribution in [-0.2, 0) is 6.18 Å². The Hall–Kier alpha value is -2.09. The minimum Gasteiger partial charge on any atom is -0.368 e. The average Bonchev–Trinajstić information content (AvgIpc) is 2.32. The van der Waals surface area contributed by atoms with Gasteiger partial charge in [0.25, 0.3) is 0 Å². The summed E-state index contributed by atoms with van der Waals surface area (Å²) < 4.78 is 51.2. The van der Waals surface area contributed by atoms with Crippen LogP contribution in [0.3, 0.4) is 0 Å². The van der Waals surface area contributed by atoms with Gasteiger partial charge in [-0.1, -0.05) is 11.6 Å². The van der Waals surface area contributed by atoms with E-state index in [9.17, 15) is 17.6 Å². The fourth-order valence-corrected chi connectivity index (χ4v) is 1.58. The quantitative estimate of drug-likeness (QED) is 0.832. The zero-order valence-electron chi connectivity index (χ0n) is 9.67. The van der Waals surface area contributed by atoms with Gasteiger partial charge in [-0.15, -0.1) is 0 Å². The lowest BCUT2D eigenvalue weighted by atomic mass is 10.3. The van der Waals surface area contributed by atoms with Crippen LogP contribution in [0.15, 0.2) is 24.3 Å². The predicted molar refractivity (Wildman–Crippen MR) is 66.1 cm³/mol. The van der Waals surface area contributed by atoms with Crippen molar-refractivity contribution in [2.45, 2.75) is 6.18 Å². The van der Waals surface area contributed by atoms with E-state index in [-0.39, 0.29) is 16.5 Å². The monoisotopic (exact) mass is 306 g/mol. The molecule has 2 aromatic rings. The lowest BCUT2D eigenvalue weighted by Crippen LogP contribution is -2.12. The highest BCUT2D eigenvalue weighted by atomic mass is 35.5. The Balaban J connectivity index is 2.39. The number of halogens is 5. The maximum Gasteiger partial charge on any atom is 0.433 e. The van der Waals surface area contributed by atoms with Crippen LogP contribution in [0.25, 0.3) is 0 Å². The van der Waals surface area contributed by atoms with E-state index in [4.69, 9.17) is 17.3 Å². The highest BCUT2D eigenvalue weighted by Gasteiger charge is 2.33. The summed E-state index contributed by atoms with van der Waals surface area (Å²) in [6.45, 7) is 0. The third-order valence-corrected chi connectivity index (χ3v) is 2.46. The van der Waals surface area contributed by atoms with E-state index in [1.807, 2.05) is 0 Å². The summed E-state index contributed by atoms with van der Waals surface area (Å²) in [6.07, 6.45) is -4.68. The number of anilines is 3. The Labute approximate surface area is 115 Å². The molecule has 1 heterocycles. The summed E-state index contributed by atoms with van der Waals surface area (Å²) in [7, 11) is 0. The van der Waals surface area contributed by atoms with Crippen molar-refractivity contribution in [3.63, 3.8) is 0 Å². The molecule has 4 nitrogen and oxygen atoms in total. The summed E-state index contributed by atoms with van der Waals surface area (Å²) in [4.78, 5) is 6.63. The number of nitrogens with zero attached hydrogens (tertiary/aromatic N) is 2. The van der Waals surface area contributed by atoms with Crippen molar-refractivity contribution >= 4 is 29.1 Å². The van der Waals surface area contributed by atoms with Gasteiger partial charge in [0.05, 0.1) is 5.69 Å². The molecule has 0 bridgehead atoms. The first-order valence-corrected chi connectivity index (χ1v) is 5.57. The van der Waals surface area contributed by atoms with Crippen LogP contribution in [0.2, 0.25) is 5.02 Å². The zero-order valence-corrected chi connectivity index (χ0v) is 10.4. The maximum atomic E-state index is 13.5. The molecule has 1 aromatic carbocycles. The van der Waals surface area contributed by atoms with Gasteiger partial charge in [-0.25, -0.2) is 9.37 Å². The van der Waals surface area contributed by atoms with Crippen molar-refractivity contribution in [2.75, 3.05) is 11.1 Å². The van der Waals surface area contributed by atoms with E-state index in [0.717, 1.165) is 6.07 Å². The first-order chi connectivity index (χ1) is 9.25. The Morgan fingerprint density at radius 2 is 1.85 bits per heavy atom. The Morgan fingerprint density at radius 1 is 1.15 bits per heavy atom. The van der Waals surface area contributed by atoms with E-state index in [1.54, 1.807) is 0 Å². The van der Waals surface area contributed by atoms with Crippen LogP contribution >= 0.6 is 11.6 Å². The van der Waals surface area contributed by atoms with Crippen LogP contribution in [0, 0.1) is 5.82 Å². The number of hydrogen-bond acceptors (Lipinski definition) is 4. The molecule has 0 fully saturated rings. The minimum atomic E-state index is -4.68. The molecular weight excluding hydrogens is 300 g/mol. The number of alkyl halides is 3. The molecule has 0 aliphatic rings. The molecular formula is C11H7ClF4N4. The van der Waals surface area contributed by atoms with Gasteiger partial charge in [0.1, 0.15) is 11.6 Å². The first kappa shape index (κ1) is 14.3. The standard InChI is InChI=1S/C11H7ClF4N4/c12-5-1-2-6(13)7(3-5)18-9-4-8(11(14,15)16)19-10(17)20-9/h1-4H,(H3,17,18,19,20). The average molecular weight is 307 g/mol. The molecule has 106 valence electrons. The van der Waals surface area contributed by atoms with Crippen LogP contribution in [0.5, 0.6) is 0 Å². The highest BCUT2D eigenvalue weighted by molar-refractivity contribution is 6.30. The summed E-state index contributed by atoms with van der Waals surface area (Å²) in [5, 5.41) is 2.59. The molecule has 0 radical (unpaired) electrons. The zero-order chi connectivity index (χ0) is 14.9. The fraction of sp³-hybridized carbons (Fsp3) is 0.0909. The predicted octanol–water partition coefficient (Wildman–Crippen LogP) is 3.61. The van der Waals surface area contributed by atoms with E-state index in [2.05, 4.69) is 15.3 Å². The molecule has 0 saturated carbocycles. The smallest absolute Gasteiger partial charge is 0.368 e. The molecule has 0 saturated heterocycles. The number of nitrogens with two attached hydrogens (primary N) is 1. The molecule has 0 unspecified atom stereocenters. The lowest BCUT2D eigenvalue weighted by Gasteiger charge is -2.11. The molecule has 0 amide bonds. The molecule has 2 rings (SSSR count). The van der Waals surface area contributed by atoms with E-state index < -0.39 is 23.6 Å². The van der Waals surface area contributed by atoms with Crippen molar-refractivity contribution in [3.05, 3.63) is 40.8 Å². The van der Waals surface area contributed by atoms with Gasteiger partial charge in [0, 0.05) is 11.1 Å². The van der Waals surface area contributed by atoms with E-state index in [1.165, 1.54) is 12.1 Å². The summed E-state index contributed by atoms with van der Waals surface area (Å²) in [6, 6.07) is 4.20. The van der Waals surface area contributed by atoms with Crippen molar-refractivity contribution < 1.29 is 17.6 Å². The van der Waals surface area contributed by atoms with Crippen LogP contribution < -0.4 is 11.1 Å². The van der Waals surface area contributed by atoms with Gasteiger partial charge in [-0.3, -0.25) is 0 Å². The number of nitrogens with one attached hydrogen (secondary N) is 1. The third kappa shape index (κ3) is 3.27. The largest absolute Gasteiger partial charge is 0.433 e. The van der Waals surface area contributed by atoms with Crippen molar-refractivity contribution in [3.8, 4) is 0 Å². The molecule has 0 aliphatic carbocycles. The van der Waals surface area contributed by atoms with E-state index in [0.29, 0.717) is 6.07 Å². The van der Waals surface area contributed by atoms with Gasteiger partial charge in [0.15, 0.2) is 5.69 Å². The normalized spacial score (nSPS) is 11.4. The van der Waals surface area contributed by atoms with Gasteiger partial charge in [-0.2, -0.15) is 18.2 Å². The number of rotatable bonds is 2. The van der Waals surface area contributed by atoms with Gasteiger partial charge in [-0.05, 0) is 18.2 Å². The van der Waals surface area contributed by atoms with E-state index >= 15 is 0 Å². The summed E-state index contributed by atoms with van der Waals surface area (Å²) >= 11 is 5.67. The number of hydrogen-bond donors (Lipinski definition) is 2. The third-order valence-electron chi connectivity index (χ3n) is 2.23. The molecule has 1 aromatic heterocycles. The first-order valence-electron chi connectivity index (χ1n) is 5.19. The van der Waals surface area contributed by atoms with Crippen molar-refractivity contribution in [2.24, 2.45) is 0 Å². The SMILES string of the molecule is Nc1nc(Nc2cc(Cl)ccc2F)cc(C(F)(F)F)n1. The Bertz CT molecular complexity index is 645. The maximum absolute atomic E-state index is 13.5. The molecule has 9 heteroatoms. The fourth-order valence-electron chi connectivity index (χ4n) is 1.41. The summed E-state index contributed by atoms with van der Waals surface area (Å²) in [5.74, 6) is -1.56. The minimum absolute atomic E-state index is 0.122. The molecule has 3 N–H and O–H groups in total. The topological polar surface area (TPSA) is 63.8 Å². The Kier molecular flexibility index (Phi) is 3.67.